The Morgan fingerprint density at radius 3 is 1.96 bits per heavy atom. The first kappa shape index (κ1) is 17.3. The summed E-state index contributed by atoms with van der Waals surface area (Å²) in [5, 5.41) is 0. The first-order chi connectivity index (χ1) is 10.6. The van der Waals surface area contributed by atoms with Crippen LogP contribution < -0.4 is 0 Å². The van der Waals surface area contributed by atoms with Gasteiger partial charge in [-0.3, -0.25) is 9.59 Å². The Morgan fingerprint density at radius 1 is 0.913 bits per heavy atom. The number of piperazine rings is 1. The number of rotatable bonds is 1. The fraction of sp³-hybridized carbons (Fsp3) is 0.500. The number of amides is 2. The lowest BCUT2D eigenvalue weighted by Gasteiger charge is -2.37. The van der Waals surface area contributed by atoms with Crippen molar-refractivity contribution in [3.05, 3.63) is 35.1 Å². The van der Waals surface area contributed by atoms with Gasteiger partial charge in [-0.2, -0.15) is 0 Å². The quantitative estimate of drug-likeness (QED) is 0.743. The summed E-state index contributed by atoms with van der Waals surface area (Å²) in [6, 6.07) is 1.66. The molecule has 1 aromatic carbocycles. The van der Waals surface area contributed by atoms with Crippen LogP contribution in [0.2, 0.25) is 0 Å². The molecule has 1 aliphatic heterocycles. The summed E-state index contributed by atoms with van der Waals surface area (Å²) in [5.41, 5.74) is -1.02. The molecule has 7 heteroatoms. The third kappa shape index (κ3) is 3.48. The van der Waals surface area contributed by atoms with Crippen molar-refractivity contribution in [2.45, 2.75) is 20.8 Å². The van der Waals surface area contributed by atoms with E-state index in [4.69, 9.17) is 0 Å². The molecule has 0 atom stereocenters. The van der Waals surface area contributed by atoms with Gasteiger partial charge in [0.05, 0.1) is 5.56 Å². The van der Waals surface area contributed by atoms with E-state index >= 15 is 0 Å². The number of benzene rings is 1. The van der Waals surface area contributed by atoms with Gasteiger partial charge in [-0.1, -0.05) is 20.8 Å². The molecule has 1 aromatic rings. The molecule has 0 saturated carbocycles. The van der Waals surface area contributed by atoms with Gasteiger partial charge < -0.3 is 9.80 Å². The molecule has 0 bridgehead atoms. The van der Waals surface area contributed by atoms with E-state index in [0.29, 0.717) is 13.1 Å². The normalized spacial score (nSPS) is 15.7. The molecule has 1 aliphatic rings. The van der Waals surface area contributed by atoms with E-state index in [9.17, 15) is 22.8 Å². The average molecular weight is 328 g/mol. The van der Waals surface area contributed by atoms with Gasteiger partial charge >= 0.3 is 0 Å². The number of hydrogen-bond donors (Lipinski definition) is 0. The highest BCUT2D eigenvalue weighted by Crippen LogP contribution is 2.21. The fourth-order valence-electron chi connectivity index (χ4n) is 2.45. The van der Waals surface area contributed by atoms with Crippen molar-refractivity contribution in [3.8, 4) is 0 Å². The summed E-state index contributed by atoms with van der Waals surface area (Å²) in [6.07, 6.45) is 0. The van der Waals surface area contributed by atoms with Crippen LogP contribution in [0.1, 0.15) is 31.1 Å². The van der Waals surface area contributed by atoms with Crippen molar-refractivity contribution in [1.29, 1.82) is 0 Å². The Bertz CT molecular complexity index is 633. The second-order valence-electron chi connectivity index (χ2n) is 6.56. The zero-order chi connectivity index (χ0) is 17.4. The lowest BCUT2D eigenvalue weighted by atomic mass is 9.94. The molecule has 0 spiro atoms. The third-order valence-electron chi connectivity index (χ3n) is 3.76. The molecule has 1 saturated heterocycles. The summed E-state index contributed by atoms with van der Waals surface area (Å²) in [4.78, 5) is 27.4. The van der Waals surface area contributed by atoms with Crippen molar-refractivity contribution >= 4 is 11.8 Å². The average Bonchev–Trinajstić information content (AvgIpc) is 2.51. The van der Waals surface area contributed by atoms with Gasteiger partial charge in [-0.25, -0.2) is 13.2 Å². The minimum Gasteiger partial charge on any atom is -0.339 e. The first-order valence-corrected chi connectivity index (χ1v) is 7.35. The molecule has 2 rings (SSSR count). The molecule has 23 heavy (non-hydrogen) atoms. The van der Waals surface area contributed by atoms with Gasteiger partial charge in [0, 0.05) is 31.6 Å². The van der Waals surface area contributed by atoms with E-state index in [1.54, 1.807) is 4.90 Å². The maximum absolute atomic E-state index is 13.7. The number of carbonyl (C=O) groups is 2. The van der Waals surface area contributed by atoms with E-state index in [1.165, 1.54) is 4.90 Å². The van der Waals surface area contributed by atoms with Gasteiger partial charge in [0.25, 0.3) is 5.91 Å². The SMILES string of the molecule is CC(C)(C)C(=O)N1CCN(C(=O)c2ccc(F)c(F)c2F)CC1. The highest BCUT2D eigenvalue weighted by atomic mass is 19.2. The predicted molar refractivity (Wildman–Crippen MR) is 78.3 cm³/mol. The molecule has 0 aromatic heterocycles. The van der Waals surface area contributed by atoms with Crippen LogP contribution in [0.25, 0.3) is 0 Å². The zero-order valence-corrected chi connectivity index (χ0v) is 13.3. The van der Waals surface area contributed by atoms with Crippen molar-refractivity contribution in [2.24, 2.45) is 5.41 Å². The molecule has 0 unspecified atom stereocenters. The predicted octanol–water partition coefficient (Wildman–Crippen LogP) is 2.43. The minimum atomic E-state index is -1.66. The van der Waals surface area contributed by atoms with E-state index in [2.05, 4.69) is 0 Å². The van der Waals surface area contributed by atoms with Crippen LogP contribution in [-0.4, -0.2) is 47.8 Å². The molecule has 1 fully saturated rings. The minimum absolute atomic E-state index is 0.0244. The second-order valence-corrected chi connectivity index (χ2v) is 6.56. The fourth-order valence-corrected chi connectivity index (χ4v) is 2.45. The van der Waals surface area contributed by atoms with Crippen molar-refractivity contribution in [3.63, 3.8) is 0 Å². The largest absolute Gasteiger partial charge is 0.339 e. The van der Waals surface area contributed by atoms with Crippen LogP contribution in [0.15, 0.2) is 12.1 Å². The molecular formula is C16H19F3N2O2. The summed E-state index contributed by atoms with van der Waals surface area (Å²) < 4.78 is 39.9. The van der Waals surface area contributed by atoms with E-state index in [-0.39, 0.29) is 19.0 Å². The van der Waals surface area contributed by atoms with E-state index < -0.39 is 34.3 Å². The van der Waals surface area contributed by atoms with Gasteiger partial charge in [-0.05, 0) is 12.1 Å². The third-order valence-corrected chi connectivity index (χ3v) is 3.76. The number of hydrogen-bond acceptors (Lipinski definition) is 2. The van der Waals surface area contributed by atoms with Crippen LogP contribution in [0, 0.1) is 22.9 Å². The Kier molecular flexibility index (Phi) is 4.68. The van der Waals surface area contributed by atoms with Crippen LogP contribution in [0.5, 0.6) is 0 Å². The molecule has 0 N–H and O–H groups in total. The topological polar surface area (TPSA) is 40.6 Å². The highest BCUT2D eigenvalue weighted by Gasteiger charge is 2.32. The van der Waals surface area contributed by atoms with Crippen molar-refractivity contribution in [2.75, 3.05) is 26.2 Å². The molecule has 126 valence electrons. The number of nitrogens with zero attached hydrogens (tertiary/aromatic N) is 2. The van der Waals surface area contributed by atoms with Gasteiger partial charge in [0.15, 0.2) is 17.5 Å². The first-order valence-electron chi connectivity index (χ1n) is 7.35. The van der Waals surface area contributed by atoms with Crippen LogP contribution >= 0.6 is 0 Å². The molecule has 1 heterocycles. The Balaban J connectivity index is 2.08. The molecule has 4 nitrogen and oxygen atoms in total. The monoisotopic (exact) mass is 328 g/mol. The summed E-state index contributed by atoms with van der Waals surface area (Å²) in [7, 11) is 0. The van der Waals surface area contributed by atoms with Crippen LogP contribution in [0.4, 0.5) is 13.2 Å². The van der Waals surface area contributed by atoms with E-state index in [0.717, 1.165) is 12.1 Å². The smallest absolute Gasteiger partial charge is 0.257 e. The van der Waals surface area contributed by atoms with Gasteiger partial charge in [-0.15, -0.1) is 0 Å². The molecule has 2 amide bonds. The highest BCUT2D eigenvalue weighted by molar-refractivity contribution is 5.94. The zero-order valence-electron chi connectivity index (χ0n) is 13.3. The van der Waals surface area contributed by atoms with Crippen LogP contribution in [0.3, 0.4) is 0 Å². The Morgan fingerprint density at radius 2 is 1.43 bits per heavy atom. The number of carbonyl (C=O) groups excluding carboxylic acids is 2. The molecule has 0 aliphatic carbocycles. The lowest BCUT2D eigenvalue weighted by Crippen LogP contribution is -2.53. The Labute approximate surface area is 132 Å². The molecular weight excluding hydrogens is 309 g/mol. The summed E-state index contributed by atoms with van der Waals surface area (Å²) >= 11 is 0. The molecule has 0 radical (unpaired) electrons. The number of halogens is 3. The van der Waals surface area contributed by atoms with E-state index in [1.807, 2.05) is 20.8 Å². The Hall–Kier alpha value is -2.05. The summed E-state index contributed by atoms with van der Waals surface area (Å²) in [5.74, 6) is -5.20. The van der Waals surface area contributed by atoms with Crippen molar-refractivity contribution in [1.82, 2.24) is 9.80 Å². The van der Waals surface area contributed by atoms with Crippen molar-refractivity contribution < 1.29 is 22.8 Å². The maximum atomic E-state index is 13.7. The standard InChI is InChI=1S/C16H19F3N2O2/c1-16(2,3)15(23)21-8-6-20(7-9-21)14(22)10-4-5-11(17)13(19)12(10)18/h4-5H,6-9H2,1-3H3. The summed E-state index contributed by atoms with van der Waals surface area (Å²) in [6.45, 7) is 6.52. The lowest BCUT2D eigenvalue weighted by molar-refractivity contribution is -0.140. The second kappa shape index (κ2) is 6.22. The van der Waals surface area contributed by atoms with Gasteiger partial charge in [0.2, 0.25) is 5.91 Å². The van der Waals surface area contributed by atoms with Gasteiger partial charge in [0.1, 0.15) is 0 Å². The maximum Gasteiger partial charge on any atom is 0.257 e. The van der Waals surface area contributed by atoms with Crippen LogP contribution in [-0.2, 0) is 4.79 Å².